The maximum absolute atomic E-state index is 12.9. The highest BCUT2D eigenvalue weighted by Gasteiger charge is 2.30. The first kappa shape index (κ1) is 26.4. The van der Waals surface area contributed by atoms with Gasteiger partial charge in [0, 0.05) is 6.42 Å². The number of nitrogens with one attached hydrogen (secondary N) is 3. The van der Waals surface area contributed by atoms with Crippen molar-refractivity contribution in [1.29, 1.82) is 0 Å². The minimum atomic E-state index is -1.40. The van der Waals surface area contributed by atoms with E-state index in [1.54, 1.807) is 13.8 Å². The van der Waals surface area contributed by atoms with Crippen LogP contribution in [0.25, 0.3) is 0 Å². The number of aromatic hydroxyl groups is 1. The smallest absolute Gasteiger partial charge is 0.322 e. The molecule has 0 fully saturated rings. The van der Waals surface area contributed by atoms with Crippen LogP contribution in [0.3, 0.4) is 0 Å². The van der Waals surface area contributed by atoms with Gasteiger partial charge in [-0.3, -0.25) is 24.0 Å². The number of amides is 3. The summed E-state index contributed by atoms with van der Waals surface area (Å²) in [4.78, 5) is 59.0. The number of nitrogens with two attached hydrogens (primary N) is 1. The highest BCUT2D eigenvalue weighted by Crippen LogP contribution is 2.12. The number of aliphatic carboxylic acids is 2. The number of carbonyl (C=O) groups is 5. The van der Waals surface area contributed by atoms with Crippen LogP contribution >= 0.6 is 0 Å². The second-order valence-electron chi connectivity index (χ2n) is 7.48. The van der Waals surface area contributed by atoms with Gasteiger partial charge in [0.1, 0.15) is 24.4 Å². The monoisotopic (exact) mass is 452 g/mol. The van der Waals surface area contributed by atoms with E-state index >= 15 is 0 Å². The molecule has 3 atom stereocenters. The predicted octanol–water partition coefficient (Wildman–Crippen LogP) is -1.44. The molecule has 1 aromatic carbocycles. The van der Waals surface area contributed by atoms with Crippen molar-refractivity contribution in [2.45, 2.75) is 44.8 Å². The number of carboxylic acids is 2. The largest absolute Gasteiger partial charge is 0.508 e. The van der Waals surface area contributed by atoms with Gasteiger partial charge in [0.25, 0.3) is 0 Å². The van der Waals surface area contributed by atoms with Crippen molar-refractivity contribution in [3.63, 3.8) is 0 Å². The number of benzene rings is 1. The molecule has 12 nitrogen and oxygen atoms in total. The summed E-state index contributed by atoms with van der Waals surface area (Å²) in [5.74, 6) is -5.29. The van der Waals surface area contributed by atoms with Gasteiger partial charge in [0.2, 0.25) is 17.7 Å². The van der Waals surface area contributed by atoms with Gasteiger partial charge in [0.15, 0.2) is 0 Å². The Balaban J connectivity index is 3.03. The lowest BCUT2D eigenvalue weighted by Crippen LogP contribution is -2.58. The Bertz CT molecular complexity index is 841. The van der Waals surface area contributed by atoms with Crippen LogP contribution in [0.4, 0.5) is 0 Å². The summed E-state index contributed by atoms with van der Waals surface area (Å²) in [6.45, 7) is 2.65. The van der Waals surface area contributed by atoms with Gasteiger partial charge in [0.05, 0.1) is 12.5 Å². The lowest BCUT2D eigenvalue weighted by Gasteiger charge is -2.26. The number of hydrogen-bond donors (Lipinski definition) is 7. The fourth-order valence-corrected chi connectivity index (χ4v) is 2.70. The lowest BCUT2D eigenvalue weighted by atomic mass is 10.0. The Labute approximate surface area is 184 Å². The normalized spacial score (nSPS) is 13.5. The third-order valence-corrected chi connectivity index (χ3v) is 4.40. The Hall–Kier alpha value is -3.67. The average molecular weight is 452 g/mol. The van der Waals surface area contributed by atoms with Crippen molar-refractivity contribution in [3.05, 3.63) is 29.8 Å². The van der Waals surface area contributed by atoms with Gasteiger partial charge >= 0.3 is 11.9 Å². The molecule has 0 radical (unpaired) electrons. The molecule has 12 heteroatoms. The summed E-state index contributed by atoms with van der Waals surface area (Å²) < 4.78 is 0. The molecule has 0 spiro atoms. The van der Waals surface area contributed by atoms with E-state index in [4.69, 9.17) is 15.9 Å². The van der Waals surface area contributed by atoms with Crippen molar-refractivity contribution in [3.8, 4) is 5.75 Å². The zero-order valence-corrected chi connectivity index (χ0v) is 17.7. The quantitative estimate of drug-likeness (QED) is 0.198. The molecule has 0 saturated heterocycles. The van der Waals surface area contributed by atoms with Gasteiger partial charge in [-0.1, -0.05) is 26.0 Å². The van der Waals surface area contributed by atoms with Crippen LogP contribution in [0, 0.1) is 5.92 Å². The summed E-state index contributed by atoms with van der Waals surface area (Å²) in [5, 5.41) is 34.0. The van der Waals surface area contributed by atoms with Gasteiger partial charge in [-0.25, -0.2) is 0 Å². The topological polar surface area (TPSA) is 208 Å². The van der Waals surface area contributed by atoms with Crippen LogP contribution in [-0.4, -0.2) is 69.7 Å². The number of phenols is 1. The Morgan fingerprint density at radius 1 is 0.906 bits per heavy atom. The first-order chi connectivity index (χ1) is 14.9. The zero-order valence-electron chi connectivity index (χ0n) is 17.7. The van der Waals surface area contributed by atoms with E-state index in [-0.39, 0.29) is 12.2 Å². The zero-order chi connectivity index (χ0) is 24.4. The standard InChI is InChI=1S/C20H28N4O8/c1-10(2)17(20(32)22-9-16(28)29)24-19(31)14(7-11-3-5-12(25)6-4-11)23-18(30)13(21)8-15(26)27/h3-6,10,13-14,17,25H,7-9,21H2,1-2H3,(H,22,32)(H,23,30)(H,24,31)(H,26,27)(H,28,29). The second kappa shape index (κ2) is 12.2. The van der Waals surface area contributed by atoms with E-state index in [1.165, 1.54) is 24.3 Å². The van der Waals surface area contributed by atoms with Crippen molar-refractivity contribution in [2.24, 2.45) is 11.7 Å². The second-order valence-corrected chi connectivity index (χ2v) is 7.48. The van der Waals surface area contributed by atoms with Crippen molar-refractivity contribution < 1.29 is 39.3 Å². The van der Waals surface area contributed by atoms with E-state index < -0.39 is 66.7 Å². The molecule has 1 aromatic rings. The summed E-state index contributed by atoms with van der Waals surface area (Å²) in [6.07, 6.45) is -0.690. The summed E-state index contributed by atoms with van der Waals surface area (Å²) in [7, 11) is 0. The molecule has 176 valence electrons. The molecular formula is C20H28N4O8. The molecule has 0 aliphatic carbocycles. The fraction of sp³-hybridized carbons (Fsp3) is 0.450. The number of hydrogen-bond acceptors (Lipinski definition) is 7. The molecule has 0 aromatic heterocycles. The Morgan fingerprint density at radius 3 is 2.00 bits per heavy atom. The fourth-order valence-electron chi connectivity index (χ4n) is 2.70. The molecule has 0 saturated carbocycles. The van der Waals surface area contributed by atoms with Gasteiger partial charge in [-0.15, -0.1) is 0 Å². The maximum atomic E-state index is 12.9. The van der Waals surface area contributed by atoms with Crippen LogP contribution in [0.15, 0.2) is 24.3 Å². The third-order valence-electron chi connectivity index (χ3n) is 4.40. The molecule has 3 unspecified atom stereocenters. The molecule has 0 aliphatic heterocycles. The average Bonchev–Trinajstić information content (AvgIpc) is 2.70. The minimum Gasteiger partial charge on any atom is -0.508 e. The van der Waals surface area contributed by atoms with Crippen molar-refractivity contribution >= 4 is 29.7 Å². The van der Waals surface area contributed by atoms with Gasteiger partial charge < -0.3 is 37.0 Å². The summed E-state index contributed by atoms with van der Waals surface area (Å²) in [5.41, 5.74) is 6.13. The van der Waals surface area contributed by atoms with Crippen molar-refractivity contribution in [2.75, 3.05) is 6.54 Å². The number of phenolic OH excluding ortho intramolecular Hbond substituents is 1. The molecular weight excluding hydrogens is 424 g/mol. The molecule has 0 aliphatic rings. The first-order valence-electron chi connectivity index (χ1n) is 9.76. The molecule has 1 rings (SSSR count). The molecule has 3 amide bonds. The number of rotatable bonds is 12. The Kier molecular flexibility index (Phi) is 10.1. The van der Waals surface area contributed by atoms with E-state index in [9.17, 15) is 29.1 Å². The molecule has 0 bridgehead atoms. The van der Waals surface area contributed by atoms with E-state index in [2.05, 4.69) is 16.0 Å². The van der Waals surface area contributed by atoms with Crippen LogP contribution < -0.4 is 21.7 Å². The Morgan fingerprint density at radius 2 is 1.50 bits per heavy atom. The molecule has 0 heterocycles. The SMILES string of the molecule is CC(C)C(NC(=O)C(Cc1ccc(O)cc1)NC(=O)C(N)CC(=O)O)C(=O)NCC(=O)O. The highest BCUT2D eigenvalue weighted by atomic mass is 16.4. The summed E-state index contributed by atoms with van der Waals surface area (Å²) >= 11 is 0. The van der Waals surface area contributed by atoms with Gasteiger partial charge in [-0.2, -0.15) is 0 Å². The van der Waals surface area contributed by atoms with E-state index in [0.717, 1.165) is 0 Å². The number of carbonyl (C=O) groups excluding carboxylic acids is 3. The maximum Gasteiger partial charge on any atom is 0.322 e. The van der Waals surface area contributed by atoms with Crippen LogP contribution in [0.5, 0.6) is 5.75 Å². The first-order valence-corrected chi connectivity index (χ1v) is 9.76. The van der Waals surface area contributed by atoms with E-state index in [0.29, 0.717) is 5.56 Å². The van der Waals surface area contributed by atoms with Gasteiger partial charge in [-0.05, 0) is 23.6 Å². The number of carboxylic acid groups (broad SMARTS) is 2. The summed E-state index contributed by atoms with van der Waals surface area (Å²) in [6, 6.07) is 2.12. The highest BCUT2D eigenvalue weighted by molar-refractivity contribution is 5.94. The molecule has 32 heavy (non-hydrogen) atoms. The lowest BCUT2D eigenvalue weighted by molar-refractivity contribution is -0.140. The molecule has 8 N–H and O–H groups in total. The third kappa shape index (κ3) is 9.00. The van der Waals surface area contributed by atoms with Crippen LogP contribution in [-0.2, 0) is 30.4 Å². The van der Waals surface area contributed by atoms with Crippen molar-refractivity contribution in [1.82, 2.24) is 16.0 Å². The van der Waals surface area contributed by atoms with Crippen LogP contribution in [0.1, 0.15) is 25.8 Å². The predicted molar refractivity (Wildman–Crippen MR) is 111 cm³/mol. The van der Waals surface area contributed by atoms with E-state index in [1.807, 2.05) is 0 Å². The minimum absolute atomic E-state index is 0.00255. The van der Waals surface area contributed by atoms with Crippen LogP contribution in [0.2, 0.25) is 0 Å².